The first-order valence-corrected chi connectivity index (χ1v) is 5.09. The molecule has 0 amide bonds. The zero-order valence-corrected chi connectivity index (χ0v) is 8.80. The predicted octanol–water partition coefficient (Wildman–Crippen LogP) is 1.67. The molecule has 2 nitrogen and oxygen atoms in total. The summed E-state index contributed by atoms with van der Waals surface area (Å²) in [4.78, 5) is 2.56. The lowest BCUT2D eigenvalue weighted by molar-refractivity contribution is 0.0739. The molecule has 1 N–H and O–H groups in total. The average molecular weight is 170 g/mol. The lowest BCUT2D eigenvalue weighted by Crippen LogP contribution is -2.53. The lowest BCUT2D eigenvalue weighted by atomic mass is 9.97. The molecule has 1 unspecified atom stereocenters. The van der Waals surface area contributed by atoms with E-state index in [0.717, 1.165) is 18.6 Å². The van der Waals surface area contributed by atoms with Crippen LogP contribution in [0.1, 0.15) is 34.1 Å². The fraction of sp³-hybridized carbons (Fsp3) is 1.00. The van der Waals surface area contributed by atoms with E-state index in [4.69, 9.17) is 0 Å². The van der Waals surface area contributed by atoms with Gasteiger partial charge in [-0.15, -0.1) is 0 Å². The van der Waals surface area contributed by atoms with Gasteiger partial charge in [0.25, 0.3) is 0 Å². The number of rotatable bonds is 2. The van der Waals surface area contributed by atoms with E-state index in [1.54, 1.807) is 0 Å². The maximum atomic E-state index is 3.43. The van der Waals surface area contributed by atoms with Crippen LogP contribution in [0.2, 0.25) is 0 Å². The van der Waals surface area contributed by atoms with E-state index in [9.17, 15) is 0 Å². The minimum absolute atomic E-state index is 0.671. The maximum absolute atomic E-state index is 3.43. The average Bonchev–Trinajstić information content (AvgIpc) is 2.04. The Morgan fingerprint density at radius 3 is 2.33 bits per heavy atom. The second-order valence-electron chi connectivity index (χ2n) is 4.37. The van der Waals surface area contributed by atoms with Crippen molar-refractivity contribution in [3.63, 3.8) is 0 Å². The van der Waals surface area contributed by atoms with Crippen molar-refractivity contribution in [2.75, 3.05) is 13.2 Å². The van der Waals surface area contributed by atoms with Crippen molar-refractivity contribution in [1.82, 2.24) is 10.2 Å². The van der Waals surface area contributed by atoms with Crippen molar-refractivity contribution in [1.29, 1.82) is 0 Å². The molecule has 1 saturated heterocycles. The first-order chi connectivity index (χ1) is 5.63. The van der Waals surface area contributed by atoms with Crippen molar-refractivity contribution >= 4 is 0 Å². The Morgan fingerprint density at radius 2 is 1.92 bits per heavy atom. The highest BCUT2D eigenvalue weighted by Gasteiger charge is 2.26. The van der Waals surface area contributed by atoms with E-state index in [-0.39, 0.29) is 0 Å². The van der Waals surface area contributed by atoms with Crippen LogP contribution in [0.4, 0.5) is 0 Å². The summed E-state index contributed by atoms with van der Waals surface area (Å²) in [6.45, 7) is 11.5. The van der Waals surface area contributed by atoms with E-state index in [0.29, 0.717) is 6.04 Å². The molecule has 72 valence electrons. The molecule has 0 aromatic rings. The van der Waals surface area contributed by atoms with E-state index < -0.39 is 0 Å². The van der Waals surface area contributed by atoms with Crippen LogP contribution in [0.5, 0.6) is 0 Å². The van der Waals surface area contributed by atoms with Gasteiger partial charge in [0.15, 0.2) is 0 Å². The first kappa shape index (κ1) is 10.0. The van der Waals surface area contributed by atoms with Gasteiger partial charge < -0.3 is 5.32 Å². The summed E-state index contributed by atoms with van der Waals surface area (Å²) in [7, 11) is 0. The molecule has 0 aromatic heterocycles. The molecule has 1 atom stereocenters. The first-order valence-electron chi connectivity index (χ1n) is 5.09. The van der Waals surface area contributed by atoms with Crippen LogP contribution in [0, 0.1) is 5.92 Å². The van der Waals surface area contributed by atoms with Gasteiger partial charge in [-0.05, 0) is 32.7 Å². The number of hydrogen-bond donors (Lipinski definition) is 1. The summed E-state index contributed by atoms with van der Waals surface area (Å²) < 4.78 is 0. The van der Waals surface area contributed by atoms with Crippen molar-refractivity contribution in [3.8, 4) is 0 Å². The smallest absolute Gasteiger partial charge is 0.0485 e. The second-order valence-corrected chi connectivity index (χ2v) is 4.37. The van der Waals surface area contributed by atoms with Crippen LogP contribution >= 0.6 is 0 Å². The van der Waals surface area contributed by atoms with Crippen molar-refractivity contribution in [2.45, 2.75) is 46.2 Å². The van der Waals surface area contributed by atoms with Gasteiger partial charge in [0.05, 0.1) is 0 Å². The summed E-state index contributed by atoms with van der Waals surface area (Å²) in [5.74, 6) is 0.787. The SMILES string of the molecule is CC(C)C1CCNCN1C(C)C. The minimum atomic E-state index is 0.671. The Kier molecular flexibility index (Phi) is 3.53. The Bertz CT molecular complexity index is 116. The molecule has 1 fully saturated rings. The molecule has 0 spiro atoms. The van der Waals surface area contributed by atoms with Crippen LogP contribution in [-0.4, -0.2) is 30.2 Å². The molecule has 1 heterocycles. The van der Waals surface area contributed by atoms with Gasteiger partial charge >= 0.3 is 0 Å². The highest BCUT2D eigenvalue weighted by Crippen LogP contribution is 2.18. The second kappa shape index (κ2) is 4.24. The zero-order valence-electron chi connectivity index (χ0n) is 8.80. The van der Waals surface area contributed by atoms with Crippen molar-refractivity contribution < 1.29 is 0 Å². The fourth-order valence-electron chi connectivity index (χ4n) is 2.02. The van der Waals surface area contributed by atoms with Crippen LogP contribution in [0.15, 0.2) is 0 Å². The molecule has 2 heteroatoms. The van der Waals surface area contributed by atoms with E-state index in [1.165, 1.54) is 13.0 Å². The van der Waals surface area contributed by atoms with Crippen LogP contribution in [0.25, 0.3) is 0 Å². The highest BCUT2D eigenvalue weighted by atomic mass is 15.3. The number of nitrogens with zero attached hydrogens (tertiary/aromatic N) is 1. The van der Waals surface area contributed by atoms with Gasteiger partial charge in [0.2, 0.25) is 0 Å². The predicted molar refractivity (Wildman–Crippen MR) is 53.1 cm³/mol. The summed E-state index contributed by atoms with van der Waals surface area (Å²) in [6, 6.07) is 1.46. The number of hydrogen-bond acceptors (Lipinski definition) is 2. The van der Waals surface area contributed by atoms with Gasteiger partial charge in [-0.25, -0.2) is 0 Å². The highest BCUT2D eigenvalue weighted by molar-refractivity contribution is 4.81. The standard InChI is InChI=1S/C10H22N2/c1-8(2)10-5-6-11-7-12(10)9(3)4/h8-11H,5-7H2,1-4H3. The van der Waals surface area contributed by atoms with Crippen molar-refractivity contribution in [3.05, 3.63) is 0 Å². The van der Waals surface area contributed by atoms with Gasteiger partial charge in [-0.3, -0.25) is 4.90 Å². The zero-order chi connectivity index (χ0) is 9.14. The van der Waals surface area contributed by atoms with Crippen LogP contribution in [-0.2, 0) is 0 Å². The summed E-state index contributed by atoms with van der Waals surface area (Å²) >= 11 is 0. The fourth-order valence-corrected chi connectivity index (χ4v) is 2.02. The number of nitrogens with one attached hydrogen (secondary N) is 1. The van der Waals surface area contributed by atoms with Gasteiger partial charge in [-0.1, -0.05) is 13.8 Å². The monoisotopic (exact) mass is 170 g/mol. The molecular formula is C10H22N2. The van der Waals surface area contributed by atoms with E-state index in [1.807, 2.05) is 0 Å². The van der Waals surface area contributed by atoms with Crippen LogP contribution < -0.4 is 5.32 Å². The normalized spacial score (nSPS) is 27.0. The molecule has 1 aliphatic heterocycles. The third-order valence-corrected chi connectivity index (χ3v) is 2.77. The molecule has 1 aliphatic rings. The van der Waals surface area contributed by atoms with Gasteiger partial charge in [0, 0.05) is 18.8 Å². The largest absolute Gasteiger partial charge is 0.304 e. The van der Waals surface area contributed by atoms with Crippen molar-refractivity contribution in [2.24, 2.45) is 5.92 Å². The third kappa shape index (κ3) is 2.20. The summed E-state index contributed by atoms with van der Waals surface area (Å²) in [5.41, 5.74) is 0. The Labute approximate surface area is 76.3 Å². The Balaban J connectivity index is 2.54. The van der Waals surface area contributed by atoms with E-state index >= 15 is 0 Å². The summed E-state index contributed by atoms with van der Waals surface area (Å²) in [5, 5.41) is 3.43. The topological polar surface area (TPSA) is 15.3 Å². The Hall–Kier alpha value is -0.0800. The molecule has 0 aromatic carbocycles. The quantitative estimate of drug-likeness (QED) is 0.678. The lowest BCUT2D eigenvalue weighted by Gasteiger charge is -2.41. The molecule has 0 aliphatic carbocycles. The summed E-state index contributed by atoms with van der Waals surface area (Å²) in [6.07, 6.45) is 1.30. The van der Waals surface area contributed by atoms with Gasteiger partial charge in [-0.2, -0.15) is 0 Å². The molecule has 0 bridgehead atoms. The van der Waals surface area contributed by atoms with E-state index in [2.05, 4.69) is 37.9 Å². The molecular weight excluding hydrogens is 148 g/mol. The minimum Gasteiger partial charge on any atom is -0.304 e. The van der Waals surface area contributed by atoms with Gasteiger partial charge in [0.1, 0.15) is 0 Å². The molecule has 1 rings (SSSR count). The maximum Gasteiger partial charge on any atom is 0.0485 e. The third-order valence-electron chi connectivity index (χ3n) is 2.77. The molecule has 0 radical (unpaired) electrons. The molecule has 0 saturated carbocycles. The molecule has 12 heavy (non-hydrogen) atoms. The Morgan fingerprint density at radius 1 is 1.25 bits per heavy atom. The van der Waals surface area contributed by atoms with Crippen LogP contribution in [0.3, 0.4) is 0 Å².